The third-order valence-corrected chi connectivity index (χ3v) is 11.1. The zero-order valence-electron chi connectivity index (χ0n) is 38.5. The molecule has 8 aromatic rings. The first-order chi connectivity index (χ1) is 33.5. The van der Waals surface area contributed by atoms with Crippen LogP contribution in [0.25, 0.3) is 6.08 Å². The van der Waals surface area contributed by atoms with E-state index >= 15 is 0 Å². The molecular weight excluding hydrogens is 979 g/mol. The number of H-pyrrole nitrogens is 1. The van der Waals surface area contributed by atoms with E-state index in [0.29, 0.717) is 56.1 Å². The number of nitrogens with one attached hydrogen (secondary N) is 1. The van der Waals surface area contributed by atoms with Crippen molar-refractivity contribution >= 4 is 118 Å². The molecule has 364 valence electrons. The van der Waals surface area contributed by atoms with Gasteiger partial charge in [0.1, 0.15) is 12.0 Å². The lowest BCUT2D eigenvalue weighted by Gasteiger charge is -1.82. The molecule has 0 spiro atoms. The second-order valence-electron chi connectivity index (χ2n) is 13.1. The number of carbonyl (C=O) groups is 11. The van der Waals surface area contributed by atoms with Gasteiger partial charge in [0.05, 0.1) is 43.3 Å². The van der Waals surface area contributed by atoms with Gasteiger partial charge in [0, 0.05) is 36.6 Å². The first-order valence-electron chi connectivity index (χ1n) is 20.0. The summed E-state index contributed by atoms with van der Waals surface area (Å²) in [6, 6.07) is 22.1. The fourth-order valence-corrected chi connectivity index (χ4v) is 6.77. The molecule has 8 heterocycles. The Morgan fingerprint density at radius 1 is 0.557 bits per heavy atom. The van der Waals surface area contributed by atoms with Gasteiger partial charge in [-0.25, -0.2) is 0 Å². The van der Waals surface area contributed by atoms with Crippen LogP contribution in [0.1, 0.15) is 149 Å². The highest BCUT2D eigenvalue weighted by Crippen LogP contribution is 2.14. The number of Topliss-reactive ketones (excluding diaryl/α,β-unsaturated/α-hetero) is 5. The molecule has 0 aliphatic heterocycles. The van der Waals surface area contributed by atoms with E-state index in [1.165, 1.54) is 99.4 Å². The molecule has 0 fully saturated rings. The van der Waals surface area contributed by atoms with Gasteiger partial charge in [-0.2, -0.15) is 11.3 Å². The highest BCUT2D eigenvalue weighted by atomic mass is 32.1. The van der Waals surface area contributed by atoms with E-state index in [-0.39, 0.29) is 46.2 Å². The molecule has 0 radical (unpaired) electrons. The van der Waals surface area contributed by atoms with Gasteiger partial charge >= 0.3 is 0 Å². The summed E-state index contributed by atoms with van der Waals surface area (Å²) in [6.45, 7) is 8.98. The van der Waals surface area contributed by atoms with E-state index < -0.39 is 0 Å². The lowest BCUT2D eigenvalue weighted by Crippen LogP contribution is -1.89. The van der Waals surface area contributed by atoms with Gasteiger partial charge in [0.15, 0.2) is 77.7 Å². The summed E-state index contributed by atoms with van der Waals surface area (Å²) in [5.41, 5.74) is 2.60. The fourth-order valence-electron chi connectivity index (χ4n) is 4.16. The number of rotatable bonds is 12. The molecule has 8 rings (SSSR count). The van der Waals surface area contributed by atoms with Crippen molar-refractivity contribution in [2.24, 2.45) is 0 Å². The standard InChI is InChI=1S/C8H8O2.C7H6O3.C7H6O2S.C6H7NO.C6H4O2S.C6H6O2.C6H6OS.C5H4OS/c1-7(9)4-5-8-3-2-6-10-8;2*1-5(9)7-3-2-6(4-8)10-7;1-5(8)6-3-2-4-7-6;7-3-5-1-2-9-6(5)4-8;2*1-5(7)6-2-3-8-4-6;6-4-5-2-1-3-7-5/h2-6H,1H3;2*2-4H,1H3;2-4,7H,1H3;1-4H;2*2-4H,1H3;1-4H/b5-4+;;;;;;;. The quantitative estimate of drug-likeness (QED) is 0.0680. The van der Waals surface area contributed by atoms with Crippen LogP contribution in [0, 0.1) is 0 Å². The largest absolute Gasteiger partial charge is 0.472 e. The lowest BCUT2D eigenvalue weighted by atomic mass is 10.2. The molecule has 70 heavy (non-hydrogen) atoms. The molecule has 0 aromatic carbocycles. The Morgan fingerprint density at radius 2 is 1.29 bits per heavy atom. The fraction of sp³-hybridized carbons (Fsp3) is 0.118. The molecule has 0 saturated carbocycles. The van der Waals surface area contributed by atoms with E-state index in [2.05, 4.69) is 9.40 Å². The van der Waals surface area contributed by atoms with Gasteiger partial charge in [-0.05, 0) is 129 Å². The molecule has 19 heteroatoms. The van der Waals surface area contributed by atoms with Crippen molar-refractivity contribution in [3.05, 3.63) is 191 Å². The van der Waals surface area contributed by atoms with Crippen molar-refractivity contribution in [3.63, 3.8) is 0 Å². The Labute approximate surface area is 418 Å². The summed E-state index contributed by atoms with van der Waals surface area (Å²) in [5, 5.41) is 7.34. The maximum absolute atomic E-state index is 10.7. The summed E-state index contributed by atoms with van der Waals surface area (Å²) in [4.78, 5) is 119. The van der Waals surface area contributed by atoms with Crippen LogP contribution in [0.5, 0.6) is 0 Å². The number of carbonyl (C=O) groups excluding carboxylic acids is 11. The average molecular weight is 1030 g/mol. The van der Waals surface area contributed by atoms with Crippen LogP contribution >= 0.6 is 45.3 Å². The highest BCUT2D eigenvalue weighted by Gasteiger charge is 2.04. The van der Waals surface area contributed by atoms with Crippen molar-refractivity contribution < 1.29 is 66.0 Å². The van der Waals surface area contributed by atoms with Crippen LogP contribution in [0.2, 0.25) is 0 Å². The number of ketones is 6. The van der Waals surface area contributed by atoms with Crippen LogP contribution < -0.4 is 0 Å². The summed E-state index contributed by atoms with van der Waals surface area (Å²) in [7, 11) is 0. The second kappa shape index (κ2) is 35.2. The Kier molecular flexibility index (Phi) is 30.2. The van der Waals surface area contributed by atoms with Crippen molar-refractivity contribution in [3.8, 4) is 0 Å². The number of hydrogen-bond donors (Lipinski definition) is 1. The Bertz CT molecular complexity index is 2630. The number of hydrogen-bond acceptors (Lipinski definition) is 18. The molecule has 0 aliphatic carbocycles. The van der Waals surface area contributed by atoms with Gasteiger partial charge < -0.3 is 18.2 Å². The predicted molar refractivity (Wildman–Crippen MR) is 271 cm³/mol. The summed E-state index contributed by atoms with van der Waals surface area (Å²) in [5.74, 6) is 1.24. The molecule has 0 aliphatic rings. The number of allylic oxidation sites excluding steroid dienone is 1. The summed E-state index contributed by atoms with van der Waals surface area (Å²) in [6.07, 6.45) is 12.9. The average Bonchev–Trinajstić information content (AvgIpc) is 4.22. The number of aromatic nitrogens is 1. The first kappa shape index (κ1) is 60.0. The minimum Gasteiger partial charge on any atom is -0.472 e. The summed E-state index contributed by atoms with van der Waals surface area (Å²) < 4.78 is 14.4. The van der Waals surface area contributed by atoms with Crippen molar-refractivity contribution in [1.29, 1.82) is 0 Å². The summed E-state index contributed by atoms with van der Waals surface area (Å²) >= 11 is 5.50. The maximum Gasteiger partial charge on any atom is 0.194 e. The van der Waals surface area contributed by atoms with Crippen LogP contribution in [-0.4, -0.2) is 71.1 Å². The maximum atomic E-state index is 10.7. The lowest BCUT2D eigenvalue weighted by molar-refractivity contribution is -0.112. The van der Waals surface area contributed by atoms with E-state index in [1.54, 1.807) is 96.8 Å². The van der Waals surface area contributed by atoms with Crippen LogP contribution in [-0.2, 0) is 4.79 Å². The smallest absolute Gasteiger partial charge is 0.194 e. The molecule has 1 N–H and O–H groups in total. The normalized spacial score (nSPS) is 9.29. The zero-order valence-corrected chi connectivity index (χ0v) is 41.8. The molecule has 0 bridgehead atoms. The number of aromatic amines is 1. The molecule has 0 saturated heterocycles. The third kappa shape index (κ3) is 25.8. The second-order valence-corrected chi connectivity index (χ2v) is 16.9. The van der Waals surface area contributed by atoms with Crippen molar-refractivity contribution in [1.82, 2.24) is 4.98 Å². The number of thiophene rings is 4. The minimum atomic E-state index is -0.173. The Morgan fingerprint density at radius 3 is 1.61 bits per heavy atom. The van der Waals surface area contributed by atoms with Gasteiger partial charge in [0.25, 0.3) is 0 Å². The molecule has 0 unspecified atom stereocenters. The van der Waals surface area contributed by atoms with Crippen LogP contribution in [0.4, 0.5) is 0 Å². The van der Waals surface area contributed by atoms with E-state index in [4.69, 9.17) is 8.83 Å². The molecule has 0 atom stereocenters. The molecular formula is C51H47NO14S4. The van der Waals surface area contributed by atoms with E-state index in [9.17, 15) is 52.7 Å². The topological polar surface area (TPSA) is 243 Å². The Balaban J connectivity index is 0.000000401. The number of aldehydes is 5. The third-order valence-electron chi connectivity index (χ3n) is 7.66. The van der Waals surface area contributed by atoms with Crippen molar-refractivity contribution in [2.75, 3.05) is 0 Å². The monoisotopic (exact) mass is 1030 g/mol. The van der Waals surface area contributed by atoms with Crippen molar-refractivity contribution in [2.45, 2.75) is 41.5 Å². The van der Waals surface area contributed by atoms with Gasteiger partial charge in [0.2, 0.25) is 0 Å². The molecule has 8 aromatic heterocycles. The SMILES string of the molecule is CC(=O)/C=C/c1ccco1.CC(=O)c1ccc(C=O)o1.CC(=O)c1ccc(C=O)s1.CC(=O)c1ccc[nH]1.CC(=O)c1ccoc1.CC(=O)c1ccsc1.O=Cc1cccs1.O=Cc1ccsc1C=O. The zero-order chi connectivity index (χ0) is 52.3. The van der Waals surface area contributed by atoms with Gasteiger partial charge in [-0.1, -0.05) is 6.07 Å². The van der Waals surface area contributed by atoms with E-state index in [1.807, 2.05) is 28.3 Å². The first-order valence-corrected chi connectivity index (χ1v) is 23.5. The van der Waals surface area contributed by atoms with Gasteiger partial charge in [-0.3, -0.25) is 52.7 Å². The minimum absolute atomic E-state index is 0.0121. The molecule has 0 amide bonds. The number of furan rings is 3. The van der Waals surface area contributed by atoms with Gasteiger partial charge in [-0.15, -0.1) is 34.0 Å². The Hall–Kier alpha value is -7.97. The van der Waals surface area contributed by atoms with Crippen LogP contribution in [0.3, 0.4) is 0 Å². The van der Waals surface area contributed by atoms with Crippen LogP contribution in [0.15, 0.2) is 145 Å². The highest BCUT2D eigenvalue weighted by molar-refractivity contribution is 7.15. The molecule has 15 nitrogen and oxygen atoms in total. The predicted octanol–water partition coefficient (Wildman–Crippen LogP) is 12.5. The van der Waals surface area contributed by atoms with E-state index in [0.717, 1.165) is 23.0 Å².